The Morgan fingerprint density at radius 3 is 2.82 bits per heavy atom. The van der Waals surface area contributed by atoms with Crippen LogP contribution in [0.3, 0.4) is 0 Å². The average Bonchev–Trinajstić information content (AvgIpc) is 2.63. The lowest BCUT2D eigenvalue weighted by Gasteiger charge is -2.21. The SMILES string of the molecule is C=CCOc1nc(N)c([N+](=O)[O-])c(N(Cc2cccc(O)c2)C(=O)OCC)n1. The Morgan fingerprint density at radius 2 is 2.21 bits per heavy atom. The van der Waals surface area contributed by atoms with Gasteiger partial charge in [0.2, 0.25) is 11.6 Å². The highest BCUT2D eigenvalue weighted by Crippen LogP contribution is 2.34. The third-order valence-electron chi connectivity index (χ3n) is 3.38. The number of hydrogen-bond donors (Lipinski definition) is 2. The number of phenols is 1. The largest absolute Gasteiger partial charge is 0.508 e. The molecule has 0 saturated heterocycles. The summed E-state index contributed by atoms with van der Waals surface area (Å²) in [6.45, 7) is 4.97. The fraction of sp³-hybridized carbons (Fsp3) is 0.235. The van der Waals surface area contributed by atoms with Crippen LogP contribution in [0.5, 0.6) is 11.8 Å². The number of nitrogens with two attached hydrogens (primary N) is 1. The summed E-state index contributed by atoms with van der Waals surface area (Å²) in [5.74, 6) is -0.898. The first-order valence-electron chi connectivity index (χ1n) is 8.15. The first kappa shape index (κ1) is 20.4. The van der Waals surface area contributed by atoms with Gasteiger partial charge in [0, 0.05) is 0 Å². The number of anilines is 2. The maximum Gasteiger partial charge on any atom is 0.415 e. The summed E-state index contributed by atoms with van der Waals surface area (Å²) < 4.78 is 10.2. The molecule has 1 aromatic carbocycles. The minimum atomic E-state index is -0.887. The zero-order valence-corrected chi connectivity index (χ0v) is 15.1. The van der Waals surface area contributed by atoms with Crippen LogP contribution in [0.15, 0.2) is 36.9 Å². The van der Waals surface area contributed by atoms with Crippen LogP contribution in [0.4, 0.5) is 22.1 Å². The number of nitro groups is 1. The van der Waals surface area contributed by atoms with E-state index in [0.717, 1.165) is 4.90 Å². The lowest BCUT2D eigenvalue weighted by atomic mass is 10.2. The highest BCUT2D eigenvalue weighted by molar-refractivity contribution is 5.90. The van der Waals surface area contributed by atoms with E-state index in [1.165, 1.54) is 18.2 Å². The maximum absolute atomic E-state index is 12.5. The van der Waals surface area contributed by atoms with Crippen LogP contribution in [0.1, 0.15) is 12.5 Å². The molecule has 0 aliphatic heterocycles. The van der Waals surface area contributed by atoms with Crippen molar-refractivity contribution in [3.63, 3.8) is 0 Å². The normalized spacial score (nSPS) is 10.2. The maximum atomic E-state index is 12.5. The number of ether oxygens (including phenoxy) is 2. The Bertz CT molecular complexity index is 888. The fourth-order valence-electron chi connectivity index (χ4n) is 2.27. The van der Waals surface area contributed by atoms with E-state index in [0.29, 0.717) is 5.56 Å². The molecular formula is C17H19N5O6. The number of carbonyl (C=O) groups is 1. The van der Waals surface area contributed by atoms with E-state index in [1.807, 2.05) is 0 Å². The predicted octanol–water partition coefficient (Wildman–Crippen LogP) is 2.40. The third kappa shape index (κ3) is 4.84. The standard InChI is InChI=1S/C17H19N5O6/c1-3-8-28-16-19-14(18)13(22(25)26)15(20-16)21(17(24)27-4-2)10-11-6-5-7-12(23)9-11/h3,5-7,9,23H,1,4,8,10H2,2H3,(H2,18,19,20). The number of nitrogens with zero attached hydrogens (tertiary/aromatic N) is 4. The highest BCUT2D eigenvalue weighted by Gasteiger charge is 2.32. The van der Waals surface area contributed by atoms with Gasteiger partial charge < -0.3 is 20.3 Å². The van der Waals surface area contributed by atoms with Gasteiger partial charge in [-0.25, -0.2) is 4.79 Å². The molecule has 3 N–H and O–H groups in total. The Hall–Kier alpha value is -3.89. The third-order valence-corrected chi connectivity index (χ3v) is 3.38. The molecule has 1 aromatic heterocycles. The number of benzene rings is 1. The number of aromatic nitrogens is 2. The van der Waals surface area contributed by atoms with Gasteiger partial charge in [0.15, 0.2) is 0 Å². The minimum Gasteiger partial charge on any atom is -0.508 e. The summed E-state index contributed by atoms with van der Waals surface area (Å²) in [6.07, 6.45) is 0.540. The van der Waals surface area contributed by atoms with Crippen LogP contribution >= 0.6 is 0 Å². The van der Waals surface area contributed by atoms with Crippen molar-refractivity contribution in [1.82, 2.24) is 9.97 Å². The van der Waals surface area contributed by atoms with Gasteiger partial charge in [-0.3, -0.25) is 15.0 Å². The summed E-state index contributed by atoms with van der Waals surface area (Å²) in [6, 6.07) is 5.78. The van der Waals surface area contributed by atoms with E-state index in [2.05, 4.69) is 16.5 Å². The second-order valence-electron chi connectivity index (χ2n) is 5.38. The van der Waals surface area contributed by atoms with Crippen molar-refractivity contribution in [1.29, 1.82) is 0 Å². The number of amides is 1. The van der Waals surface area contributed by atoms with Crippen molar-refractivity contribution in [2.75, 3.05) is 23.8 Å². The van der Waals surface area contributed by atoms with Gasteiger partial charge in [-0.05, 0) is 24.6 Å². The highest BCUT2D eigenvalue weighted by atomic mass is 16.6. The van der Waals surface area contributed by atoms with E-state index in [1.54, 1.807) is 19.1 Å². The monoisotopic (exact) mass is 389 g/mol. The summed E-state index contributed by atoms with van der Waals surface area (Å²) in [4.78, 5) is 31.9. The number of phenolic OH excluding ortho intramolecular Hbond substituents is 1. The molecule has 11 nitrogen and oxygen atoms in total. The molecule has 1 heterocycles. The second-order valence-corrected chi connectivity index (χ2v) is 5.38. The van der Waals surface area contributed by atoms with Gasteiger partial charge >= 0.3 is 17.8 Å². The molecule has 0 aliphatic carbocycles. The molecule has 0 saturated carbocycles. The molecule has 1 amide bonds. The minimum absolute atomic E-state index is 0.0304. The van der Waals surface area contributed by atoms with Crippen LogP contribution in [-0.4, -0.2) is 39.3 Å². The molecule has 0 radical (unpaired) electrons. The van der Waals surface area contributed by atoms with Crippen LogP contribution in [0.2, 0.25) is 0 Å². The van der Waals surface area contributed by atoms with E-state index < -0.39 is 28.3 Å². The average molecular weight is 389 g/mol. The number of nitrogen functional groups attached to an aromatic ring is 1. The molecule has 148 valence electrons. The van der Waals surface area contributed by atoms with Gasteiger partial charge in [0.1, 0.15) is 12.4 Å². The molecule has 0 atom stereocenters. The molecule has 0 fully saturated rings. The first-order valence-corrected chi connectivity index (χ1v) is 8.15. The van der Waals surface area contributed by atoms with Crippen LogP contribution in [-0.2, 0) is 11.3 Å². The summed E-state index contributed by atoms with van der Waals surface area (Å²) in [5, 5.41) is 21.2. The summed E-state index contributed by atoms with van der Waals surface area (Å²) in [5.41, 5.74) is 5.52. The van der Waals surface area contributed by atoms with Crippen LogP contribution < -0.4 is 15.4 Å². The quantitative estimate of drug-likeness (QED) is 0.393. The molecule has 2 rings (SSSR count). The molecule has 0 bridgehead atoms. The lowest BCUT2D eigenvalue weighted by Crippen LogP contribution is -2.33. The van der Waals surface area contributed by atoms with Crippen LogP contribution in [0, 0.1) is 10.1 Å². The predicted molar refractivity (Wildman–Crippen MR) is 100 cm³/mol. The Morgan fingerprint density at radius 1 is 1.46 bits per heavy atom. The van der Waals surface area contributed by atoms with E-state index in [-0.39, 0.29) is 31.5 Å². The first-order chi connectivity index (χ1) is 13.4. The molecule has 28 heavy (non-hydrogen) atoms. The lowest BCUT2D eigenvalue weighted by molar-refractivity contribution is -0.383. The van der Waals surface area contributed by atoms with Gasteiger partial charge in [0.05, 0.1) is 18.1 Å². The second kappa shape index (κ2) is 9.16. The molecule has 0 spiro atoms. The molecular weight excluding hydrogens is 370 g/mol. The van der Waals surface area contributed by atoms with Gasteiger partial charge in [-0.1, -0.05) is 24.8 Å². The van der Waals surface area contributed by atoms with Crippen LogP contribution in [0.25, 0.3) is 0 Å². The molecule has 2 aromatic rings. The van der Waals surface area contributed by atoms with Crippen molar-refractivity contribution in [2.45, 2.75) is 13.5 Å². The molecule has 0 aliphatic rings. The smallest absolute Gasteiger partial charge is 0.415 e. The Labute approximate surface area is 160 Å². The number of aromatic hydroxyl groups is 1. The van der Waals surface area contributed by atoms with Gasteiger partial charge in [0.25, 0.3) is 0 Å². The van der Waals surface area contributed by atoms with Crippen molar-refractivity contribution >= 4 is 23.4 Å². The number of carbonyl (C=O) groups excluding carboxylic acids is 1. The topological polar surface area (TPSA) is 154 Å². The van der Waals surface area contributed by atoms with Crippen molar-refractivity contribution < 1.29 is 24.3 Å². The molecule has 0 unspecified atom stereocenters. The number of rotatable bonds is 8. The van der Waals surface area contributed by atoms with E-state index >= 15 is 0 Å². The number of hydrogen-bond acceptors (Lipinski definition) is 9. The van der Waals surface area contributed by atoms with Gasteiger partial charge in [-0.15, -0.1) is 0 Å². The van der Waals surface area contributed by atoms with Gasteiger partial charge in [-0.2, -0.15) is 9.97 Å². The zero-order chi connectivity index (χ0) is 20.7. The summed E-state index contributed by atoms with van der Waals surface area (Å²) >= 11 is 0. The molecule has 11 heteroatoms. The van der Waals surface area contributed by atoms with Crippen molar-refractivity contribution in [3.8, 4) is 11.8 Å². The summed E-state index contributed by atoms with van der Waals surface area (Å²) in [7, 11) is 0. The van der Waals surface area contributed by atoms with E-state index in [9.17, 15) is 20.0 Å². The Balaban J connectivity index is 2.58. The van der Waals surface area contributed by atoms with Crippen molar-refractivity contribution in [2.24, 2.45) is 0 Å². The zero-order valence-electron chi connectivity index (χ0n) is 15.1. The van der Waals surface area contributed by atoms with E-state index in [4.69, 9.17) is 15.2 Å². The fourth-order valence-corrected chi connectivity index (χ4v) is 2.27. The Kier molecular flexibility index (Phi) is 6.68. The van der Waals surface area contributed by atoms with Crippen molar-refractivity contribution in [3.05, 3.63) is 52.6 Å².